The van der Waals surface area contributed by atoms with Gasteiger partial charge in [0.15, 0.2) is 0 Å². The molecule has 0 amide bonds. The van der Waals surface area contributed by atoms with Crippen molar-refractivity contribution < 1.29 is 4.42 Å². The third kappa shape index (κ3) is 26.1. The first kappa shape index (κ1) is 60.5. The summed E-state index contributed by atoms with van der Waals surface area (Å²) < 4.78 is 6.49. The molecule has 0 aliphatic heterocycles. The number of benzene rings is 6. The summed E-state index contributed by atoms with van der Waals surface area (Å²) in [6.07, 6.45) is 27.3. The molecule has 0 spiro atoms. The number of aromatic amines is 1. The maximum Gasteiger partial charge on any atom is 0.133 e. The Bertz CT molecular complexity index is 3190. The van der Waals surface area contributed by atoms with Gasteiger partial charge in [-0.05, 0) is 123 Å². The Hall–Kier alpha value is -10.7. The van der Waals surface area contributed by atoms with E-state index < -0.39 is 0 Å². The molecule has 0 fully saturated rings. The molecule has 16 aromatic rings. The fourth-order valence-corrected chi connectivity index (χ4v) is 7.78. The van der Waals surface area contributed by atoms with E-state index in [1.807, 2.05) is 199 Å². The Morgan fingerprint density at radius 1 is 0.317 bits per heavy atom. The monoisotopic (exact) mass is 1110 g/mol. The highest BCUT2D eigenvalue weighted by Gasteiger charge is 1.91. The molecule has 1 N–H and O–H groups in total. The van der Waals surface area contributed by atoms with Crippen LogP contribution in [0.2, 0.25) is 0 Å². The number of para-hydroxylation sites is 3. The topological polar surface area (TPSA) is 145 Å². The van der Waals surface area contributed by atoms with E-state index in [1.54, 1.807) is 97.0 Å². The third-order valence-electron chi connectivity index (χ3n) is 10.3. The molecule has 0 aliphatic carbocycles. The Kier molecular flexibility index (Phi) is 29.9. The normalized spacial score (nSPS) is 9.22. The van der Waals surface area contributed by atoms with Gasteiger partial charge < -0.3 is 9.40 Å². The SMILES string of the molecule is c1ccc2[nH]ccc2c1.c1ccc2cnccc2c1.c1ccc2ncccc2c1.c1ccc2occc2c1.c1ccc2sccc2c1.c1ccccc1.c1ccncc1.c1ccnnc1.c1ccsc1.c1cnccn1.c1cncnc1. The molecule has 0 bridgehead atoms. The van der Waals surface area contributed by atoms with E-state index in [2.05, 4.69) is 128 Å². The molecule has 0 saturated carbocycles. The van der Waals surface area contributed by atoms with Crippen LogP contribution in [0.3, 0.4) is 0 Å². The van der Waals surface area contributed by atoms with Crippen LogP contribution in [0.25, 0.3) is 53.6 Å². The summed E-state index contributed by atoms with van der Waals surface area (Å²) in [5.41, 5.74) is 3.22. The van der Waals surface area contributed by atoms with Crippen LogP contribution < -0.4 is 0 Å². The van der Waals surface area contributed by atoms with Crippen LogP contribution in [0, 0.1) is 0 Å². The average molecular weight is 1110 g/mol. The van der Waals surface area contributed by atoms with E-state index >= 15 is 0 Å². The van der Waals surface area contributed by atoms with Crippen LogP contribution >= 0.6 is 22.7 Å². The van der Waals surface area contributed by atoms with Gasteiger partial charge in [-0.3, -0.25) is 24.9 Å². The molecule has 404 valence electrons. The minimum absolute atomic E-state index is 0.956. The molecular weight excluding hydrogens is 1050 g/mol. The standard InChI is InChI=1S/2C9H7N.C8H7N.C8H6O.C8H6S.C6H6.C5H5N.3C4H4N2.C4H4S/c1-2-6-9-8(4-1)5-3-7-10-9;1-2-4-9-7-10-6-5-8(9)3-1;3*1-2-4-8-7(3-1)5-6-9-8;2*1-2-4-6-5-3-1;1-2-6-4-3-5-1;1-2-5-4-6-3-1;1-2-4-6-5-3-1;1-2-4-5-3-1/h2*1-7H;1-6,9H;2*1-6H;1-6H;1-5H;3*1-4H;1-4H. The van der Waals surface area contributed by atoms with Crippen LogP contribution in [0.4, 0.5) is 0 Å². The van der Waals surface area contributed by atoms with Crippen LogP contribution in [0.15, 0.2) is 363 Å². The molecule has 6 aromatic carbocycles. The first-order valence-corrected chi connectivity index (χ1v) is 27.5. The van der Waals surface area contributed by atoms with Gasteiger partial charge in [0.2, 0.25) is 0 Å². The van der Waals surface area contributed by atoms with E-state index in [9.17, 15) is 0 Å². The van der Waals surface area contributed by atoms with E-state index in [0.29, 0.717) is 0 Å². The molecule has 16 rings (SSSR count). The van der Waals surface area contributed by atoms with Crippen LogP contribution in [-0.2, 0) is 0 Å². The van der Waals surface area contributed by atoms with Crippen molar-refractivity contribution in [2.45, 2.75) is 0 Å². The summed E-state index contributed by atoms with van der Waals surface area (Å²) in [6.45, 7) is 0. The second kappa shape index (κ2) is 40.5. The highest BCUT2D eigenvalue weighted by molar-refractivity contribution is 7.17. The van der Waals surface area contributed by atoms with E-state index in [1.165, 1.54) is 43.5 Å². The Labute approximate surface area is 486 Å². The number of thiophene rings is 2. The Morgan fingerprint density at radius 3 is 1.39 bits per heavy atom. The summed E-state index contributed by atoms with van der Waals surface area (Å²) in [4.78, 5) is 29.9. The number of nitrogens with zero attached hydrogens (tertiary/aromatic N) is 9. The molecule has 0 aliphatic rings. The minimum Gasteiger partial charge on any atom is -0.464 e. The third-order valence-corrected chi connectivity index (χ3v) is 11.9. The summed E-state index contributed by atoms with van der Waals surface area (Å²) in [6, 6.07) is 80.2. The molecule has 0 radical (unpaired) electrons. The zero-order valence-corrected chi connectivity index (χ0v) is 46.4. The van der Waals surface area contributed by atoms with E-state index in [-0.39, 0.29) is 0 Å². The Balaban J connectivity index is 0.000000146. The van der Waals surface area contributed by atoms with E-state index in [0.717, 1.165) is 16.5 Å². The fourth-order valence-electron chi connectivity index (χ4n) is 6.53. The summed E-state index contributed by atoms with van der Waals surface area (Å²) >= 11 is 3.50. The largest absolute Gasteiger partial charge is 0.464 e. The van der Waals surface area contributed by atoms with Crippen molar-refractivity contribution in [1.29, 1.82) is 0 Å². The molecule has 0 saturated heterocycles. The molecule has 10 aromatic heterocycles. The zero-order chi connectivity index (χ0) is 56.7. The lowest BCUT2D eigenvalue weighted by Gasteiger charge is -1.91. The molecule has 0 atom stereocenters. The number of hydrogen-bond donors (Lipinski definition) is 1. The lowest BCUT2D eigenvalue weighted by atomic mass is 10.2. The summed E-state index contributed by atoms with van der Waals surface area (Å²) in [7, 11) is 0. The van der Waals surface area contributed by atoms with Crippen LogP contribution in [-0.4, -0.2) is 50.1 Å². The van der Waals surface area contributed by atoms with Gasteiger partial charge in [0, 0.05) is 108 Å². The molecule has 0 unspecified atom stereocenters. The van der Waals surface area contributed by atoms with Crippen molar-refractivity contribution >= 4 is 76.3 Å². The van der Waals surface area contributed by atoms with Crippen molar-refractivity contribution in [3.63, 3.8) is 0 Å². The maximum atomic E-state index is 5.12. The van der Waals surface area contributed by atoms with Gasteiger partial charge in [-0.1, -0.05) is 158 Å². The van der Waals surface area contributed by atoms with Crippen molar-refractivity contribution in [2.24, 2.45) is 0 Å². The van der Waals surface area contributed by atoms with Crippen molar-refractivity contribution in [3.8, 4) is 0 Å². The van der Waals surface area contributed by atoms with Gasteiger partial charge in [-0.25, -0.2) is 9.97 Å². The van der Waals surface area contributed by atoms with Gasteiger partial charge in [0.1, 0.15) is 11.9 Å². The minimum atomic E-state index is 0.956. The molecule has 11 nitrogen and oxygen atoms in total. The number of H-pyrrole nitrogens is 1. The number of pyridine rings is 3. The highest BCUT2D eigenvalue weighted by atomic mass is 32.1. The average Bonchev–Trinajstić information content (AvgIpc) is 4.48. The predicted molar refractivity (Wildman–Crippen MR) is 341 cm³/mol. The first-order valence-electron chi connectivity index (χ1n) is 25.7. The maximum absolute atomic E-state index is 5.12. The lowest BCUT2D eigenvalue weighted by Crippen LogP contribution is -1.73. The quantitative estimate of drug-likeness (QED) is 0.156. The number of hydrogen-bond acceptors (Lipinski definition) is 12. The van der Waals surface area contributed by atoms with E-state index in [4.69, 9.17) is 4.42 Å². The van der Waals surface area contributed by atoms with Crippen LogP contribution in [0.1, 0.15) is 0 Å². The molecular formula is C69H60N10OS2. The summed E-state index contributed by atoms with van der Waals surface area (Å²) in [5.74, 6) is 0. The van der Waals surface area contributed by atoms with Crippen molar-refractivity contribution in [2.75, 3.05) is 0 Å². The summed E-state index contributed by atoms with van der Waals surface area (Å²) in [5, 5.41) is 20.7. The van der Waals surface area contributed by atoms with Crippen molar-refractivity contribution in [3.05, 3.63) is 358 Å². The van der Waals surface area contributed by atoms with Gasteiger partial charge in [-0.2, -0.15) is 21.5 Å². The second-order valence-electron chi connectivity index (χ2n) is 16.1. The number of fused-ring (bicyclic) bond motifs is 5. The number of nitrogens with one attached hydrogen (secondary N) is 1. The number of aromatic nitrogens is 10. The second-order valence-corrected chi connectivity index (χ2v) is 17.8. The van der Waals surface area contributed by atoms with Crippen molar-refractivity contribution in [1.82, 2.24) is 50.1 Å². The Morgan fingerprint density at radius 2 is 0.866 bits per heavy atom. The van der Waals surface area contributed by atoms with Gasteiger partial charge in [-0.15, -0.1) is 11.3 Å². The molecule has 82 heavy (non-hydrogen) atoms. The fraction of sp³-hybridized carbons (Fsp3) is 0. The smallest absolute Gasteiger partial charge is 0.133 e. The van der Waals surface area contributed by atoms with Gasteiger partial charge in [0.05, 0.1) is 11.8 Å². The lowest BCUT2D eigenvalue weighted by molar-refractivity contribution is 0.616. The van der Waals surface area contributed by atoms with Crippen LogP contribution in [0.5, 0.6) is 0 Å². The first-order chi connectivity index (χ1) is 40.8. The zero-order valence-electron chi connectivity index (χ0n) is 44.8. The van der Waals surface area contributed by atoms with Gasteiger partial charge >= 0.3 is 0 Å². The number of furan rings is 1. The molecule has 13 heteroatoms. The molecule has 10 heterocycles. The van der Waals surface area contributed by atoms with Gasteiger partial charge in [0.25, 0.3) is 0 Å². The highest BCUT2D eigenvalue weighted by Crippen LogP contribution is 2.19. The predicted octanol–water partition coefficient (Wildman–Crippen LogP) is 17.9. The number of rotatable bonds is 0.